The van der Waals surface area contributed by atoms with Gasteiger partial charge in [0.25, 0.3) is 0 Å². The Morgan fingerprint density at radius 2 is 0.804 bits per heavy atom. The Morgan fingerprint density at radius 1 is 0.375 bits per heavy atom. The molecule has 0 saturated carbocycles. The van der Waals surface area contributed by atoms with Crippen LogP contribution in [0.1, 0.15) is 22.3 Å². The van der Waals surface area contributed by atoms with Gasteiger partial charge in [-0.2, -0.15) is 10.5 Å². The van der Waals surface area contributed by atoms with Crippen molar-refractivity contribution in [3.8, 4) is 56.9 Å². The molecule has 0 unspecified atom stereocenters. The van der Waals surface area contributed by atoms with Crippen molar-refractivity contribution >= 4 is 43.6 Å². The molecule has 0 bridgehead atoms. The number of nitriles is 2. The van der Waals surface area contributed by atoms with E-state index in [-0.39, 0.29) is 0 Å². The zero-order valence-corrected chi connectivity index (χ0v) is 31.0. The Labute approximate surface area is 325 Å². The minimum Gasteiger partial charge on any atom is -0.308 e. The van der Waals surface area contributed by atoms with Gasteiger partial charge in [-0.3, -0.25) is 0 Å². The predicted molar refractivity (Wildman–Crippen MR) is 230 cm³/mol. The lowest BCUT2D eigenvalue weighted by Gasteiger charge is -2.19. The fourth-order valence-electron chi connectivity index (χ4n) is 8.66. The van der Waals surface area contributed by atoms with Gasteiger partial charge in [-0.05, 0) is 113 Å². The van der Waals surface area contributed by atoms with E-state index in [0.717, 1.165) is 77.2 Å². The predicted octanol–water partition coefficient (Wildman–Crippen LogP) is 13.2. The molecule has 2 heterocycles. The Kier molecular flexibility index (Phi) is 7.66. The van der Waals surface area contributed by atoms with Gasteiger partial charge in [-0.25, -0.2) is 0 Å². The number of aryl methyl sites for hydroxylation is 2. The second-order valence-corrected chi connectivity index (χ2v) is 14.5. The standard InChI is InChI=1S/C52H34N4/c1-33-13-3-6-16-39(33)35-23-25-49-44(27-35)42-19-9-11-21-47(42)55(49)51-29-38(41-18-8-5-15-37(41)31-53)30-52(46(51)32-54)56-48-22-12-10-20-43(48)45-28-36(24-26-50(45)56)40-17-7-4-14-34(40)2/h3-30H,1-2H3. The summed E-state index contributed by atoms with van der Waals surface area (Å²) >= 11 is 0. The van der Waals surface area contributed by atoms with Gasteiger partial charge in [-0.1, -0.05) is 115 Å². The van der Waals surface area contributed by atoms with Crippen molar-refractivity contribution in [1.29, 1.82) is 10.5 Å². The molecule has 0 fully saturated rings. The third kappa shape index (κ3) is 5.05. The number of benzene rings is 8. The average molecular weight is 715 g/mol. The summed E-state index contributed by atoms with van der Waals surface area (Å²) in [5.74, 6) is 0. The Hall–Kier alpha value is -7.66. The van der Waals surface area contributed by atoms with Crippen LogP contribution in [0.25, 0.3) is 88.4 Å². The van der Waals surface area contributed by atoms with Crippen LogP contribution in [-0.4, -0.2) is 9.13 Å². The molecular weight excluding hydrogens is 681 g/mol. The molecule has 0 saturated heterocycles. The van der Waals surface area contributed by atoms with E-state index in [1.54, 1.807) is 0 Å². The van der Waals surface area contributed by atoms with Gasteiger partial charge < -0.3 is 9.13 Å². The lowest BCUT2D eigenvalue weighted by molar-refractivity contribution is 1.12. The van der Waals surface area contributed by atoms with E-state index in [9.17, 15) is 10.5 Å². The molecule has 262 valence electrons. The van der Waals surface area contributed by atoms with Crippen molar-refractivity contribution in [2.75, 3.05) is 0 Å². The fraction of sp³-hybridized carbons (Fsp3) is 0.0385. The SMILES string of the molecule is Cc1ccccc1-c1ccc2c(c1)c1ccccc1n2-c1cc(-c2ccccc2C#N)cc(-n2c3ccccc3c3cc(-c4ccccc4C)ccc32)c1C#N. The van der Waals surface area contributed by atoms with E-state index in [2.05, 4.69) is 181 Å². The first-order valence-electron chi connectivity index (χ1n) is 18.8. The van der Waals surface area contributed by atoms with E-state index in [4.69, 9.17) is 0 Å². The summed E-state index contributed by atoms with van der Waals surface area (Å²) in [5.41, 5.74) is 15.4. The van der Waals surface area contributed by atoms with Gasteiger partial charge in [0.05, 0.1) is 45.1 Å². The van der Waals surface area contributed by atoms with Crippen LogP contribution in [0.3, 0.4) is 0 Å². The molecule has 0 aliphatic carbocycles. The van der Waals surface area contributed by atoms with Gasteiger partial charge in [-0.15, -0.1) is 0 Å². The first-order chi connectivity index (χ1) is 27.5. The molecule has 10 aromatic rings. The molecule has 2 aromatic heterocycles. The monoisotopic (exact) mass is 714 g/mol. The molecule has 0 radical (unpaired) electrons. The van der Waals surface area contributed by atoms with Gasteiger partial charge in [0.1, 0.15) is 11.6 Å². The highest BCUT2D eigenvalue weighted by Crippen LogP contribution is 2.42. The lowest BCUT2D eigenvalue weighted by Crippen LogP contribution is -2.05. The van der Waals surface area contributed by atoms with Crippen molar-refractivity contribution in [3.05, 3.63) is 192 Å². The number of para-hydroxylation sites is 2. The van der Waals surface area contributed by atoms with Crippen LogP contribution in [0.4, 0.5) is 0 Å². The molecule has 0 N–H and O–H groups in total. The normalized spacial score (nSPS) is 11.4. The van der Waals surface area contributed by atoms with E-state index in [1.165, 1.54) is 22.3 Å². The van der Waals surface area contributed by atoms with Crippen molar-refractivity contribution in [1.82, 2.24) is 9.13 Å². The minimum atomic E-state index is 0.541. The van der Waals surface area contributed by atoms with E-state index in [0.29, 0.717) is 11.1 Å². The molecule has 4 nitrogen and oxygen atoms in total. The van der Waals surface area contributed by atoms with Gasteiger partial charge in [0.15, 0.2) is 0 Å². The molecule has 8 aromatic carbocycles. The quantitative estimate of drug-likeness (QED) is 0.178. The molecule has 10 rings (SSSR count). The van der Waals surface area contributed by atoms with Gasteiger partial charge in [0, 0.05) is 21.5 Å². The second kappa shape index (κ2) is 13.0. The zero-order chi connectivity index (χ0) is 37.9. The van der Waals surface area contributed by atoms with Gasteiger partial charge >= 0.3 is 0 Å². The summed E-state index contributed by atoms with van der Waals surface area (Å²) in [4.78, 5) is 0. The first kappa shape index (κ1) is 32.9. The van der Waals surface area contributed by atoms with E-state index >= 15 is 0 Å². The molecule has 0 aliphatic rings. The molecular formula is C52H34N4. The molecule has 0 aliphatic heterocycles. The smallest absolute Gasteiger partial charge is 0.104 e. The molecule has 0 atom stereocenters. The summed E-state index contributed by atoms with van der Waals surface area (Å²) in [5, 5.41) is 26.1. The number of nitrogens with zero attached hydrogens (tertiary/aromatic N) is 4. The number of hydrogen-bond donors (Lipinski definition) is 0. The van der Waals surface area contributed by atoms with Crippen molar-refractivity contribution in [3.63, 3.8) is 0 Å². The second-order valence-electron chi connectivity index (χ2n) is 14.5. The molecule has 0 amide bonds. The summed E-state index contributed by atoms with van der Waals surface area (Å²) in [6.07, 6.45) is 0. The van der Waals surface area contributed by atoms with Crippen LogP contribution in [0.15, 0.2) is 170 Å². The van der Waals surface area contributed by atoms with E-state index in [1.807, 2.05) is 24.3 Å². The Balaban J connectivity index is 1.32. The summed E-state index contributed by atoms with van der Waals surface area (Å²) < 4.78 is 4.47. The van der Waals surface area contributed by atoms with Crippen molar-refractivity contribution in [2.45, 2.75) is 13.8 Å². The largest absolute Gasteiger partial charge is 0.308 e. The molecule has 4 heteroatoms. The average Bonchev–Trinajstić information content (AvgIpc) is 3.75. The van der Waals surface area contributed by atoms with Crippen molar-refractivity contribution < 1.29 is 0 Å². The third-order valence-electron chi connectivity index (χ3n) is 11.3. The van der Waals surface area contributed by atoms with Crippen LogP contribution in [0, 0.1) is 36.5 Å². The number of rotatable bonds is 5. The Bertz CT molecular complexity index is 3120. The number of fused-ring (bicyclic) bond motifs is 6. The number of aromatic nitrogens is 2. The fourth-order valence-corrected chi connectivity index (χ4v) is 8.66. The van der Waals surface area contributed by atoms with Gasteiger partial charge in [0.2, 0.25) is 0 Å². The topological polar surface area (TPSA) is 57.4 Å². The molecule has 0 spiro atoms. The van der Waals surface area contributed by atoms with Crippen LogP contribution in [0.2, 0.25) is 0 Å². The maximum absolute atomic E-state index is 11.4. The first-order valence-corrected chi connectivity index (χ1v) is 18.8. The third-order valence-corrected chi connectivity index (χ3v) is 11.3. The van der Waals surface area contributed by atoms with Crippen LogP contribution >= 0.6 is 0 Å². The number of hydrogen-bond acceptors (Lipinski definition) is 2. The summed E-state index contributed by atoms with van der Waals surface area (Å²) in [6, 6.07) is 64.1. The molecule has 56 heavy (non-hydrogen) atoms. The summed E-state index contributed by atoms with van der Waals surface area (Å²) in [7, 11) is 0. The lowest BCUT2D eigenvalue weighted by atomic mass is 9.96. The summed E-state index contributed by atoms with van der Waals surface area (Å²) in [6.45, 7) is 4.29. The van der Waals surface area contributed by atoms with Crippen LogP contribution in [0.5, 0.6) is 0 Å². The Morgan fingerprint density at radius 3 is 1.29 bits per heavy atom. The maximum atomic E-state index is 11.4. The van der Waals surface area contributed by atoms with Crippen LogP contribution in [-0.2, 0) is 0 Å². The highest BCUT2D eigenvalue weighted by molar-refractivity contribution is 6.12. The van der Waals surface area contributed by atoms with Crippen LogP contribution < -0.4 is 0 Å². The zero-order valence-electron chi connectivity index (χ0n) is 31.0. The van der Waals surface area contributed by atoms with Crippen molar-refractivity contribution in [2.24, 2.45) is 0 Å². The highest BCUT2D eigenvalue weighted by Gasteiger charge is 2.23. The highest BCUT2D eigenvalue weighted by atomic mass is 15.0. The minimum absolute atomic E-state index is 0.541. The van der Waals surface area contributed by atoms with E-state index < -0.39 is 0 Å². The maximum Gasteiger partial charge on any atom is 0.104 e.